The molecule has 3 nitrogen and oxygen atoms in total. The van der Waals surface area contributed by atoms with Crippen LogP contribution in [-0.2, 0) is 0 Å². The zero-order valence-electron chi connectivity index (χ0n) is 8.19. The van der Waals surface area contributed by atoms with Crippen molar-refractivity contribution in [2.45, 2.75) is 31.8 Å². The number of nitrogens with zero attached hydrogens (tertiary/aromatic N) is 1. The molecule has 1 aromatic heterocycles. The molecule has 1 aliphatic rings. The Morgan fingerprint density at radius 3 is 2.93 bits per heavy atom. The molecule has 76 valence electrons. The molecule has 0 amide bonds. The van der Waals surface area contributed by atoms with E-state index in [1.54, 1.807) is 6.20 Å². The lowest BCUT2D eigenvalue weighted by Gasteiger charge is -2.27. The molecule has 0 radical (unpaired) electrons. The number of hydrogen-bond acceptors (Lipinski definition) is 3. The van der Waals surface area contributed by atoms with E-state index in [2.05, 4.69) is 4.98 Å². The Morgan fingerprint density at radius 1 is 1.57 bits per heavy atom. The third-order valence-electron chi connectivity index (χ3n) is 3.01. The SMILES string of the molecule is Nc1ncccc1C(O)CC1CCC1. The van der Waals surface area contributed by atoms with Gasteiger partial charge in [-0.3, -0.25) is 0 Å². The number of pyridine rings is 1. The number of anilines is 1. The average molecular weight is 192 g/mol. The van der Waals surface area contributed by atoms with Crippen LogP contribution < -0.4 is 5.73 Å². The third kappa shape index (κ3) is 1.87. The fourth-order valence-electron chi connectivity index (χ4n) is 1.88. The average Bonchev–Trinajstić information content (AvgIpc) is 2.12. The second-order valence-corrected chi connectivity index (χ2v) is 4.03. The van der Waals surface area contributed by atoms with Crippen LogP contribution >= 0.6 is 0 Å². The lowest BCUT2D eigenvalue weighted by atomic mass is 9.80. The number of nitrogen functional groups attached to an aromatic ring is 1. The normalized spacial score (nSPS) is 18.9. The number of aliphatic hydroxyl groups is 1. The van der Waals surface area contributed by atoms with Crippen LogP contribution in [0.2, 0.25) is 0 Å². The smallest absolute Gasteiger partial charge is 0.129 e. The molecule has 3 N–H and O–H groups in total. The van der Waals surface area contributed by atoms with Crippen molar-refractivity contribution in [3.8, 4) is 0 Å². The summed E-state index contributed by atoms with van der Waals surface area (Å²) in [4.78, 5) is 3.97. The van der Waals surface area contributed by atoms with E-state index in [-0.39, 0.29) is 0 Å². The van der Waals surface area contributed by atoms with Gasteiger partial charge in [-0.1, -0.05) is 25.3 Å². The molecule has 1 heterocycles. The first-order chi connectivity index (χ1) is 6.77. The van der Waals surface area contributed by atoms with Gasteiger partial charge in [0, 0.05) is 11.8 Å². The first-order valence-electron chi connectivity index (χ1n) is 5.16. The van der Waals surface area contributed by atoms with E-state index in [0.29, 0.717) is 11.7 Å². The molecule has 0 aromatic carbocycles. The molecule has 0 aliphatic heterocycles. The van der Waals surface area contributed by atoms with Crippen molar-refractivity contribution in [2.24, 2.45) is 5.92 Å². The summed E-state index contributed by atoms with van der Waals surface area (Å²) < 4.78 is 0. The maximum absolute atomic E-state index is 9.92. The highest BCUT2D eigenvalue weighted by atomic mass is 16.3. The van der Waals surface area contributed by atoms with Gasteiger partial charge in [-0.2, -0.15) is 0 Å². The Morgan fingerprint density at radius 2 is 2.36 bits per heavy atom. The first kappa shape index (κ1) is 9.46. The van der Waals surface area contributed by atoms with E-state index >= 15 is 0 Å². The number of aromatic nitrogens is 1. The molecule has 1 saturated carbocycles. The minimum atomic E-state index is -0.436. The number of aliphatic hydroxyl groups excluding tert-OH is 1. The summed E-state index contributed by atoms with van der Waals surface area (Å²) in [6.07, 6.45) is 5.84. The van der Waals surface area contributed by atoms with Crippen LogP contribution in [0.15, 0.2) is 18.3 Å². The number of rotatable bonds is 3. The highest BCUT2D eigenvalue weighted by Crippen LogP contribution is 2.35. The molecule has 3 heteroatoms. The van der Waals surface area contributed by atoms with Gasteiger partial charge in [-0.05, 0) is 18.4 Å². The van der Waals surface area contributed by atoms with Gasteiger partial charge in [0.2, 0.25) is 0 Å². The van der Waals surface area contributed by atoms with E-state index in [9.17, 15) is 5.11 Å². The van der Waals surface area contributed by atoms with Crippen molar-refractivity contribution in [3.05, 3.63) is 23.9 Å². The maximum Gasteiger partial charge on any atom is 0.129 e. The van der Waals surface area contributed by atoms with Crippen molar-refractivity contribution in [3.63, 3.8) is 0 Å². The largest absolute Gasteiger partial charge is 0.388 e. The molecule has 0 bridgehead atoms. The molecule has 1 atom stereocenters. The Balaban J connectivity index is 2.02. The molecular formula is C11H16N2O. The fraction of sp³-hybridized carbons (Fsp3) is 0.545. The van der Waals surface area contributed by atoms with Crippen molar-refractivity contribution in [1.82, 2.24) is 4.98 Å². The van der Waals surface area contributed by atoms with Gasteiger partial charge in [0.25, 0.3) is 0 Å². The van der Waals surface area contributed by atoms with Gasteiger partial charge < -0.3 is 10.8 Å². The molecular weight excluding hydrogens is 176 g/mol. The van der Waals surface area contributed by atoms with E-state index in [0.717, 1.165) is 12.0 Å². The van der Waals surface area contributed by atoms with Crippen molar-refractivity contribution < 1.29 is 5.11 Å². The Bertz CT molecular complexity index is 310. The maximum atomic E-state index is 9.92. The summed E-state index contributed by atoms with van der Waals surface area (Å²) in [5.74, 6) is 1.14. The quantitative estimate of drug-likeness (QED) is 0.768. The summed E-state index contributed by atoms with van der Waals surface area (Å²) in [6, 6.07) is 3.67. The van der Waals surface area contributed by atoms with Crippen molar-refractivity contribution in [2.75, 3.05) is 5.73 Å². The van der Waals surface area contributed by atoms with E-state index in [1.165, 1.54) is 19.3 Å². The lowest BCUT2D eigenvalue weighted by molar-refractivity contribution is 0.119. The lowest BCUT2D eigenvalue weighted by Crippen LogP contribution is -2.15. The second-order valence-electron chi connectivity index (χ2n) is 4.03. The molecule has 0 saturated heterocycles. The minimum Gasteiger partial charge on any atom is -0.388 e. The van der Waals surface area contributed by atoms with Crippen LogP contribution in [0.5, 0.6) is 0 Å². The summed E-state index contributed by atoms with van der Waals surface area (Å²) in [7, 11) is 0. The third-order valence-corrected chi connectivity index (χ3v) is 3.01. The number of hydrogen-bond donors (Lipinski definition) is 2. The molecule has 1 aromatic rings. The first-order valence-corrected chi connectivity index (χ1v) is 5.16. The minimum absolute atomic E-state index is 0.436. The molecule has 1 fully saturated rings. The Kier molecular flexibility index (Phi) is 2.68. The van der Waals surface area contributed by atoms with Crippen LogP contribution in [0, 0.1) is 5.92 Å². The van der Waals surface area contributed by atoms with Gasteiger partial charge in [0.15, 0.2) is 0 Å². The van der Waals surface area contributed by atoms with Gasteiger partial charge in [0.1, 0.15) is 5.82 Å². The topological polar surface area (TPSA) is 59.1 Å². The molecule has 0 spiro atoms. The molecule has 1 aliphatic carbocycles. The molecule has 14 heavy (non-hydrogen) atoms. The van der Waals surface area contributed by atoms with Crippen molar-refractivity contribution >= 4 is 5.82 Å². The zero-order valence-corrected chi connectivity index (χ0v) is 8.19. The predicted octanol–water partition coefficient (Wildman–Crippen LogP) is 1.89. The van der Waals surface area contributed by atoms with Gasteiger partial charge >= 0.3 is 0 Å². The fourth-order valence-corrected chi connectivity index (χ4v) is 1.88. The van der Waals surface area contributed by atoms with E-state index < -0.39 is 6.10 Å². The summed E-state index contributed by atoms with van der Waals surface area (Å²) in [6.45, 7) is 0. The van der Waals surface area contributed by atoms with Gasteiger partial charge in [-0.15, -0.1) is 0 Å². The zero-order chi connectivity index (χ0) is 9.97. The number of nitrogens with two attached hydrogens (primary N) is 1. The Hall–Kier alpha value is -1.09. The van der Waals surface area contributed by atoms with Gasteiger partial charge in [0.05, 0.1) is 6.10 Å². The summed E-state index contributed by atoms with van der Waals surface area (Å²) >= 11 is 0. The monoisotopic (exact) mass is 192 g/mol. The standard InChI is InChI=1S/C11H16N2O/c12-11-9(5-2-6-13-11)10(14)7-8-3-1-4-8/h2,5-6,8,10,14H,1,3-4,7H2,(H2,12,13). The summed E-state index contributed by atoms with van der Waals surface area (Å²) in [5.41, 5.74) is 6.46. The molecule has 2 rings (SSSR count). The van der Waals surface area contributed by atoms with Crippen molar-refractivity contribution in [1.29, 1.82) is 0 Å². The highest BCUT2D eigenvalue weighted by Gasteiger charge is 2.22. The van der Waals surface area contributed by atoms with Crippen LogP contribution in [0.25, 0.3) is 0 Å². The predicted molar refractivity (Wildman–Crippen MR) is 55.6 cm³/mol. The second kappa shape index (κ2) is 3.96. The van der Waals surface area contributed by atoms with Crippen LogP contribution in [0.1, 0.15) is 37.4 Å². The summed E-state index contributed by atoms with van der Waals surface area (Å²) in [5, 5.41) is 9.92. The van der Waals surface area contributed by atoms with Crippen LogP contribution in [0.3, 0.4) is 0 Å². The highest BCUT2D eigenvalue weighted by molar-refractivity contribution is 5.39. The van der Waals surface area contributed by atoms with E-state index in [4.69, 9.17) is 5.73 Å². The van der Waals surface area contributed by atoms with Gasteiger partial charge in [-0.25, -0.2) is 4.98 Å². The van der Waals surface area contributed by atoms with Crippen LogP contribution in [-0.4, -0.2) is 10.1 Å². The van der Waals surface area contributed by atoms with E-state index in [1.807, 2.05) is 12.1 Å². The Labute approximate surface area is 84.0 Å². The molecule has 1 unspecified atom stereocenters. The van der Waals surface area contributed by atoms with Crippen LogP contribution in [0.4, 0.5) is 5.82 Å².